The van der Waals surface area contributed by atoms with Crippen molar-refractivity contribution in [3.63, 3.8) is 0 Å². The monoisotopic (exact) mass is 628 g/mol. The third-order valence-electron chi connectivity index (χ3n) is 8.03. The second kappa shape index (κ2) is 9.85. The molecule has 0 bridgehead atoms. The van der Waals surface area contributed by atoms with E-state index >= 15 is 0 Å². The number of nitrogens with one attached hydrogen (secondary N) is 1. The Labute approximate surface area is 245 Å². The van der Waals surface area contributed by atoms with E-state index in [1.807, 2.05) is 0 Å². The van der Waals surface area contributed by atoms with Crippen molar-refractivity contribution in [3.8, 4) is 0 Å². The van der Waals surface area contributed by atoms with Crippen LogP contribution in [0.5, 0.6) is 0 Å². The molecule has 16 heteroatoms. The van der Waals surface area contributed by atoms with Crippen LogP contribution in [0.2, 0.25) is 0 Å². The van der Waals surface area contributed by atoms with Gasteiger partial charge in [-0.3, -0.25) is 14.4 Å². The number of β-lactam (4-membered cyclic amide) rings is 2. The Morgan fingerprint density at radius 1 is 1.02 bits per heavy atom. The quantitative estimate of drug-likeness (QED) is 0.174. The number of halogens is 1. The molecule has 7 atom stereocenters. The number of thioether (sulfide) groups is 1. The Kier molecular flexibility index (Phi) is 7.11. The summed E-state index contributed by atoms with van der Waals surface area (Å²) in [6.07, 6.45) is 0. The first-order valence-electron chi connectivity index (χ1n) is 12.7. The van der Waals surface area contributed by atoms with Gasteiger partial charge in [-0.15, -0.1) is 23.4 Å². The van der Waals surface area contributed by atoms with Crippen molar-refractivity contribution in [1.82, 2.24) is 15.1 Å². The lowest BCUT2D eigenvalue weighted by Gasteiger charge is -2.43. The van der Waals surface area contributed by atoms with E-state index < -0.39 is 90.7 Å². The molecule has 0 radical (unpaired) electrons. The number of esters is 2. The predicted octanol–water partition coefficient (Wildman–Crippen LogP) is -0.371. The zero-order chi connectivity index (χ0) is 30.2. The maximum atomic E-state index is 13.4. The Hall–Kier alpha value is -2.88. The standard InChI is InChI=1S/C25H29ClN4O9S2/c1-24(2)15(29-18(32)12(26)20(29)40-24)22(34)38-10-39-23(35)16-25(3,4)41(36,37)21-14(19(33)30(16)21)28-17(31)13(27)11-8-6-5-7-9-11/h5-9,12-16,20-21H,10,27H2,1-4H3,(H,28,31)/t12-,13?,14+,15-,16-,20+,21+/m0/s1. The summed E-state index contributed by atoms with van der Waals surface area (Å²) >= 11 is 7.40. The number of hydrogen-bond acceptors (Lipinski definition) is 11. The molecular weight excluding hydrogens is 600 g/mol. The summed E-state index contributed by atoms with van der Waals surface area (Å²) in [5, 5.41) is -0.227. The summed E-state index contributed by atoms with van der Waals surface area (Å²) in [6, 6.07) is 3.23. The molecule has 0 aromatic heterocycles. The molecule has 4 aliphatic rings. The van der Waals surface area contributed by atoms with Crippen molar-refractivity contribution in [3.05, 3.63) is 35.9 Å². The number of rotatable bonds is 7. The van der Waals surface area contributed by atoms with E-state index in [9.17, 15) is 32.4 Å². The number of hydrogen-bond donors (Lipinski definition) is 2. The van der Waals surface area contributed by atoms with Crippen LogP contribution in [-0.2, 0) is 43.3 Å². The summed E-state index contributed by atoms with van der Waals surface area (Å²) in [5.41, 5.74) is 6.46. The second-order valence-electron chi connectivity index (χ2n) is 11.3. The molecule has 41 heavy (non-hydrogen) atoms. The minimum atomic E-state index is -4.18. The van der Waals surface area contributed by atoms with E-state index in [1.54, 1.807) is 44.2 Å². The smallest absolute Gasteiger partial charge is 0.333 e. The zero-order valence-electron chi connectivity index (χ0n) is 22.5. The van der Waals surface area contributed by atoms with Gasteiger partial charge in [0.05, 0.1) is 0 Å². The number of ether oxygens (including phenoxy) is 2. The van der Waals surface area contributed by atoms with Crippen LogP contribution in [0, 0.1) is 0 Å². The van der Waals surface area contributed by atoms with Gasteiger partial charge in [0.25, 0.3) is 0 Å². The van der Waals surface area contributed by atoms with Crippen molar-refractivity contribution < 1.29 is 41.9 Å². The summed E-state index contributed by atoms with van der Waals surface area (Å²) in [6.45, 7) is 5.20. The van der Waals surface area contributed by atoms with Crippen LogP contribution in [0.4, 0.5) is 0 Å². The third-order valence-corrected chi connectivity index (χ3v) is 13.0. The molecule has 4 fully saturated rings. The molecule has 4 saturated heterocycles. The fourth-order valence-electron chi connectivity index (χ4n) is 5.73. The Morgan fingerprint density at radius 2 is 1.61 bits per heavy atom. The minimum absolute atomic E-state index is 0.381. The highest BCUT2D eigenvalue weighted by atomic mass is 35.5. The molecule has 0 spiro atoms. The number of amides is 3. The topological polar surface area (TPSA) is 182 Å². The molecule has 4 heterocycles. The Balaban J connectivity index is 1.24. The Morgan fingerprint density at radius 3 is 2.22 bits per heavy atom. The maximum Gasteiger partial charge on any atom is 0.333 e. The van der Waals surface area contributed by atoms with E-state index in [1.165, 1.54) is 30.5 Å². The average molecular weight is 629 g/mol. The van der Waals surface area contributed by atoms with E-state index in [0.29, 0.717) is 5.56 Å². The summed E-state index contributed by atoms with van der Waals surface area (Å²) in [7, 11) is -4.18. The lowest BCUT2D eigenvalue weighted by molar-refractivity contribution is -0.181. The van der Waals surface area contributed by atoms with E-state index in [4.69, 9.17) is 26.8 Å². The molecular formula is C25H29ClN4O9S2. The fourth-order valence-corrected chi connectivity index (χ4v) is 9.86. The van der Waals surface area contributed by atoms with E-state index in [0.717, 1.165) is 4.90 Å². The number of alkyl halides is 1. The summed E-state index contributed by atoms with van der Waals surface area (Å²) in [4.78, 5) is 66.1. The van der Waals surface area contributed by atoms with Crippen LogP contribution in [0.3, 0.4) is 0 Å². The fraction of sp³-hybridized carbons (Fsp3) is 0.560. The van der Waals surface area contributed by atoms with Gasteiger partial charge in [0.1, 0.15) is 39.7 Å². The highest BCUT2D eigenvalue weighted by Gasteiger charge is 2.73. The number of fused-ring (bicyclic) bond motifs is 2. The number of carbonyl (C=O) groups excluding carboxylic acids is 5. The summed E-state index contributed by atoms with van der Waals surface area (Å²) < 4.78 is 34.6. The van der Waals surface area contributed by atoms with Crippen LogP contribution in [0.15, 0.2) is 30.3 Å². The highest BCUT2D eigenvalue weighted by Crippen LogP contribution is 2.52. The third kappa shape index (κ3) is 4.31. The van der Waals surface area contributed by atoms with Crippen LogP contribution >= 0.6 is 23.4 Å². The second-order valence-corrected chi connectivity index (χ2v) is 16.1. The van der Waals surface area contributed by atoms with E-state index in [2.05, 4.69) is 5.32 Å². The van der Waals surface area contributed by atoms with Gasteiger partial charge in [0, 0.05) is 4.75 Å². The molecule has 5 rings (SSSR count). The van der Waals surface area contributed by atoms with E-state index in [-0.39, 0.29) is 5.37 Å². The number of nitrogens with two attached hydrogens (primary N) is 1. The SMILES string of the molecule is CC1(C)S[C@@H]2[C@@H](Cl)C(=O)N2[C@H]1C(=O)OCOC(=O)[C@@H]1N2C(=O)[C@@H](NC(=O)C(N)c3ccccc3)[C@H]2S(=O)(=O)C1(C)C. The molecule has 1 aromatic rings. The van der Waals surface area contributed by atoms with Crippen LogP contribution in [0.1, 0.15) is 39.3 Å². The lowest BCUT2D eigenvalue weighted by atomic mass is 9.95. The first kappa shape index (κ1) is 29.6. The van der Waals surface area contributed by atoms with Gasteiger partial charge in [-0.25, -0.2) is 18.0 Å². The number of nitrogens with zero attached hydrogens (tertiary/aromatic N) is 2. The van der Waals surface area contributed by atoms with Gasteiger partial charge < -0.3 is 30.3 Å². The molecule has 13 nitrogen and oxygen atoms in total. The van der Waals surface area contributed by atoms with Crippen LogP contribution in [0.25, 0.3) is 0 Å². The van der Waals surface area contributed by atoms with Crippen LogP contribution in [-0.4, -0.2) is 98.4 Å². The molecule has 1 aromatic carbocycles. The molecule has 222 valence electrons. The van der Waals surface area contributed by atoms with Gasteiger partial charge in [-0.2, -0.15) is 0 Å². The van der Waals surface area contributed by atoms with Crippen molar-refractivity contribution >= 4 is 62.9 Å². The molecule has 0 saturated carbocycles. The maximum absolute atomic E-state index is 13.4. The van der Waals surface area contributed by atoms with Crippen molar-refractivity contribution in [2.24, 2.45) is 5.73 Å². The predicted molar refractivity (Wildman–Crippen MR) is 146 cm³/mol. The molecule has 1 unspecified atom stereocenters. The van der Waals surface area contributed by atoms with Gasteiger partial charge in [-0.1, -0.05) is 30.3 Å². The molecule has 3 N–H and O–H groups in total. The van der Waals surface area contributed by atoms with Gasteiger partial charge >= 0.3 is 11.9 Å². The van der Waals surface area contributed by atoms with Crippen LogP contribution < -0.4 is 11.1 Å². The zero-order valence-corrected chi connectivity index (χ0v) is 24.9. The molecule has 3 amide bonds. The largest absolute Gasteiger partial charge is 0.426 e. The van der Waals surface area contributed by atoms with Gasteiger partial charge in [0.2, 0.25) is 24.5 Å². The summed E-state index contributed by atoms with van der Waals surface area (Å²) in [5.74, 6) is -3.87. The van der Waals surface area contributed by atoms with Gasteiger partial charge in [-0.05, 0) is 33.3 Å². The molecule has 0 aliphatic carbocycles. The highest BCUT2D eigenvalue weighted by molar-refractivity contribution is 8.01. The molecule has 4 aliphatic heterocycles. The Bertz CT molecular complexity index is 1440. The first-order chi connectivity index (χ1) is 19.0. The average Bonchev–Trinajstić information content (AvgIpc) is 3.26. The normalized spacial score (nSPS) is 32.6. The first-order valence-corrected chi connectivity index (χ1v) is 15.5. The lowest BCUT2D eigenvalue weighted by Crippen LogP contribution is -2.72. The number of carbonyl (C=O) groups is 5. The van der Waals surface area contributed by atoms with Crippen molar-refractivity contribution in [1.29, 1.82) is 0 Å². The van der Waals surface area contributed by atoms with Gasteiger partial charge in [0.15, 0.2) is 15.2 Å². The van der Waals surface area contributed by atoms with Crippen molar-refractivity contribution in [2.75, 3.05) is 6.79 Å². The number of sulfone groups is 1. The minimum Gasteiger partial charge on any atom is -0.426 e. The van der Waals surface area contributed by atoms with Crippen molar-refractivity contribution in [2.45, 2.75) is 77.5 Å². The number of benzene rings is 1.